The van der Waals surface area contributed by atoms with E-state index < -0.39 is 0 Å². The van der Waals surface area contributed by atoms with Crippen LogP contribution in [0.1, 0.15) is 57.1 Å². The van der Waals surface area contributed by atoms with Gasteiger partial charge in [0.2, 0.25) is 0 Å². The molecule has 1 aliphatic rings. The number of halogens is 1. The molecule has 0 heterocycles. The van der Waals surface area contributed by atoms with E-state index in [9.17, 15) is 4.39 Å². The first-order chi connectivity index (χ1) is 7.65. The molecule has 0 saturated heterocycles. The van der Waals surface area contributed by atoms with Crippen LogP contribution < -0.4 is 0 Å². The molecule has 0 amide bonds. The summed E-state index contributed by atoms with van der Waals surface area (Å²) in [6.07, 6.45) is 7.10. The fraction of sp³-hybridized carbons (Fsp3) is 0.600. The molecule has 1 fully saturated rings. The van der Waals surface area contributed by atoms with Gasteiger partial charge in [-0.15, -0.1) is 0 Å². The van der Waals surface area contributed by atoms with Crippen molar-refractivity contribution in [3.8, 4) is 0 Å². The maximum Gasteiger partial charge on any atom is 0.126 e. The Bertz CT molecular complexity index is 362. The summed E-state index contributed by atoms with van der Waals surface area (Å²) < 4.78 is 13.8. The molecule has 0 nitrogen and oxygen atoms in total. The number of hydrogen-bond donors (Lipinski definition) is 0. The van der Waals surface area contributed by atoms with Gasteiger partial charge in [-0.1, -0.05) is 45.2 Å². The van der Waals surface area contributed by atoms with Crippen molar-refractivity contribution in [1.29, 1.82) is 0 Å². The number of benzene rings is 1. The predicted molar refractivity (Wildman–Crippen MR) is 66.2 cm³/mol. The average Bonchev–Trinajstić information content (AvgIpc) is 2.30. The van der Waals surface area contributed by atoms with Crippen molar-refractivity contribution in [2.24, 2.45) is 0 Å². The van der Waals surface area contributed by atoms with Gasteiger partial charge in [-0.2, -0.15) is 0 Å². The number of rotatable bonds is 2. The molecule has 1 aromatic rings. The lowest BCUT2D eigenvalue weighted by Gasteiger charge is -2.34. The topological polar surface area (TPSA) is 0 Å². The molecule has 0 bridgehead atoms. The fourth-order valence-corrected chi connectivity index (χ4v) is 2.83. The van der Waals surface area contributed by atoms with Gasteiger partial charge in [0.15, 0.2) is 0 Å². The van der Waals surface area contributed by atoms with Crippen LogP contribution in [0.25, 0.3) is 0 Å². The summed E-state index contributed by atoms with van der Waals surface area (Å²) in [6, 6.07) is 5.86. The lowest BCUT2D eigenvalue weighted by Crippen LogP contribution is -2.25. The van der Waals surface area contributed by atoms with Crippen molar-refractivity contribution in [2.45, 2.75) is 57.8 Å². The van der Waals surface area contributed by atoms with Crippen molar-refractivity contribution < 1.29 is 4.39 Å². The molecule has 16 heavy (non-hydrogen) atoms. The smallest absolute Gasteiger partial charge is 0.126 e. The van der Waals surface area contributed by atoms with Crippen molar-refractivity contribution in [2.75, 3.05) is 0 Å². The Labute approximate surface area is 97.9 Å². The molecule has 0 radical (unpaired) electrons. The number of hydrogen-bond acceptors (Lipinski definition) is 0. The molecule has 0 atom stereocenters. The molecule has 0 aromatic heterocycles. The monoisotopic (exact) mass is 220 g/mol. The molecule has 2 rings (SSSR count). The minimum atomic E-state index is -0.0215. The summed E-state index contributed by atoms with van der Waals surface area (Å²) >= 11 is 0. The van der Waals surface area contributed by atoms with Crippen molar-refractivity contribution in [3.05, 3.63) is 35.1 Å². The zero-order valence-electron chi connectivity index (χ0n) is 10.4. The van der Waals surface area contributed by atoms with E-state index in [0.29, 0.717) is 0 Å². The van der Waals surface area contributed by atoms with Gasteiger partial charge in [0.1, 0.15) is 5.82 Å². The summed E-state index contributed by atoms with van der Waals surface area (Å²) in [7, 11) is 0. The van der Waals surface area contributed by atoms with Gasteiger partial charge in [0, 0.05) is 0 Å². The van der Waals surface area contributed by atoms with Crippen LogP contribution in [0.15, 0.2) is 18.2 Å². The largest absolute Gasteiger partial charge is 0.207 e. The van der Waals surface area contributed by atoms with Gasteiger partial charge in [-0.05, 0) is 41.9 Å². The first-order valence-electron chi connectivity index (χ1n) is 6.44. The highest BCUT2D eigenvalue weighted by Crippen LogP contribution is 2.39. The highest BCUT2D eigenvalue weighted by molar-refractivity contribution is 5.30. The molecule has 0 unspecified atom stereocenters. The lowest BCUT2D eigenvalue weighted by atomic mass is 9.71. The normalized spacial score (nSPS) is 19.7. The fourth-order valence-electron chi connectivity index (χ4n) is 2.83. The van der Waals surface area contributed by atoms with E-state index in [2.05, 4.69) is 13.0 Å². The zero-order valence-corrected chi connectivity index (χ0v) is 10.4. The van der Waals surface area contributed by atoms with E-state index in [1.165, 1.54) is 37.7 Å². The third-order valence-electron chi connectivity index (χ3n) is 4.09. The van der Waals surface area contributed by atoms with E-state index in [1.54, 1.807) is 6.07 Å². The molecular formula is C15H21F. The van der Waals surface area contributed by atoms with Crippen LogP contribution in [0, 0.1) is 5.82 Å². The second kappa shape index (κ2) is 4.57. The van der Waals surface area contributed by atoms with Crippen molar-refractivity contribution >= 4 is 0 Å². The SMILES string of the molecule is CCc1ccc(C2(C)CCCCC2)cc1F. The molecule has 88 valence electrons. The quantitative estimate of drug-likeness (QED) is 0.682. The van der Waals surface area contributed by atoms with Gasteiger partial charge in [0.05, 0.1) is 0 Å². The second-order valence-corrected chi connectivity index (χ2v) is 5.28. The van der Waals surface area contributed by atoms with E-state index in [-0.39, 0.29) is 11.2 Å². The van der Waals surface area contributed by atoms with Crippen molar-refractivity contribution in [3.63, 3.8) is 0 Å². The minimum Gasteiger partial charge on any atom is -0.207 e. The van der Waals surface area contributed by atoms with Crippen LogP contribution in [0.3, 0.4) is 0 Å². The third kappa shape index (κ3) is 2.14. The van der Waals surface area contributed by atoms with Crippen LogP contribution in [0.5, 0.6) is 0 Å². The van der Waals surface area contributed by atoms with E-state index >= 15 is 0 Å². The van der Waals surface area contributed by atoms with Crippen LogP contribution in [0.4, 0.5) is 4.39 Å². The molecule has 1 aromatic carbocycles. The van der Waals surface area contributed by atoms with Gasteiger partial charge in [0.25, 0.3) is 0 Å². The standard InChI is InChI=1S/C15H21F/c1-3-12-7-8-13(11-14(12)16)15(2)9-5-4-6-10-15/h7-8,11H,3-6,9-10H2,1-2H3. The maximum absolute atomic E-state index is 13.8. The Morgan fingerprint density at radius 3 is 2.44 bits per heavy atom. The van der Waals surface area contributed by atoms with Crippen LogP contribution in [-0.4, -0.2) is 0 Å². The molecular weight excluding hydrogens is 199 g/mol. The Morgan fingerprint density at radius 1 is 1.19 bits per heavy atom. The van der Waals surface area contributed by atoms with E-state index in [4.69, 9.17) is 0 Å². The van der Waals surface area contributed by atoms with Crippen molar-refractivity contribution in [1.82, 2.24) is 0 Å². The highest BCUT2D eigenvalue weighted by atomic mass is 19.1. The molecule has 1 saturated carbocycles. The summed E-state index contributed by atoms with van der Waals surface area (Å²) in [6.45, 7) is 4.28. The molecule has 1 heteroatoms. The Kier molecular flexibility index (Phi) is 3.32. The zero-order chi connectivity index (χ0) is 11.6. The minimum absolute atomic E-state index is 0.0215. The molecule has 0 aliphatic heterocycles. The van der Waals surface area contributed by atoms with Gasteiger partial charge >= 0.3 is 0 Å². The summed E-state index contributed by atoms with van der Waals surface area (Å²) in [5, 5.41) is 0. The maximum atomic E-state index is 13.8. The third-order valence-corrected chi connectivity index (χ3v) is 4.09. The Morgan fingerprint density at radius 2 is 1.88 bits per heavy atom. The Hall–Kier alpha value is -0.850. The summed E-state index contributed by atoms with van der Waals surface area (Å²) in [5.74, 6) is -0.0215. The number of aryl methyl sites for hydroxylation is 1. The van der Waals surface area contributed by atoms with E-state index in [0.717, 1.165) is 12.0 Å². The lowest BCUT2D eigenvalue weighted by molar-refractivity contribution is 0.318. The first kappa shape index (κ1) is 11.6. The first-order valence-corrected chi connectivity index (χ1v) is 6.44. The molecule has 0 spiro atoms. The van der Waals surface area contributed by atoms with Crippen LogP contribution >= 0.6 is 0 Å². The molecule has 1 aliphatic carbocycles. The van der Waals surface area contributed by atoms with Crippen LogP contribution in [-0.2, 0) is 11.8 Å². The van der Waals surface area contributed by atoms with Gasteiger partial charge in [-0.25, -0.2) is 4.39 Å². The van der Waals surface area contributed by atoms with E-state index in [1.807, 2.05) is 13.0 Å². The highest BCUT2D eigenvalue weighted by Gasteiger charge is 2.29. The average molecular weight is 220 g/mol. The van der Waals surface area contributed by atoms with Gasteiger partial charge < -0.3 is 0 Å². The summed E-state index contributed by atoms with van der Waals surface area (Å²) in [4.78, 5) is 0. The Balaban J connectivity index is 2.29. The predicted octanol–water partition coefficient (Wildman–Crippen LogP) is 4.61. The van der Waals surface area contributed by atoms with Gasteiger partial charge in [-0.3, -0.25) is 0 Å². The second-order valence-electron chi connectivity index (χ2n) is 5.28. The molecule has 0 N–H and O–H groups in total. The van der Waals surface area contributed by atoms with Crippen LogP contribution in [0.2, 0.25) is 0 Å². The summed E-state index contributed by atoms with van der Waals surface area (Å²) in [5.41, 5.74) is 2.25.